The van der Waals surface area contributed by atoms with Crippen molar-refractivity contribution in [2.24, 2.45) is 52.7 Å². The van der Waals surface area contributed by atoms with Gasteiger partial charge in [0.1, 0.15) is 17.9 Å². The van der Waals surface area contributed by atoms with Crippen molar-refractivity contribution >= 4 is 97.2 Å². The van der Waals surface area contributed by atoms with Crippen molar-refractivity contribution in [3.63, 3.8) is 0 Å². The largest absolute Gasteiger partial charge is 0.480 e. The lowest BCUT2D eigenvalue weighted by Gasteiger charge is -2.24. The van der Waals surface area contributed by atoms with Crippen molar-refractivity contribution in [3.8, 4) is 0 Å². The molecule has 0 unspecified atom stereocenters. The summed E-state index contributed by atoms with van der Waals surface area (Å²) in [5, 5.41) is 61.4. The number of aliphatic hydroxyl groups is 2. The van der Waals surface area contributed by atoms with Crippen molar-refractivity contribution in [3.05, 3.63) is 23.8 Å². The Balaban J connectivity index is 0.00000159. The standard InChI is InChI=1S/C45H77N13O16P2.C19H33N3O7/c1-25(2)48-45(68)32(24-59)20-40(63)35(10-8-9-11-46)51-41(64)27(4)17-39(62)36(21-34-23-58(56-54-34)13-15-76(72,73)74)52-42(65)26(3)16-37(60)29(6)50-44(67)31(19-38(61)30(7)49-43(66)28(5)47)18-33-22-57(55-53-33)12-14-75(69,70)71;1-11(17(26)21-13(3)19(28)29)8-16(25)15(10-23)22-18(27)14(9-12(2)24)6-4-5-7-20/h22-23,25-32,35-36,59H,8-21,24,46-47H2,1-7H3,(H,48,68)(H,49,66)(H,50,67)(H,51,64)(H,52,65)(H2,69,70,71)(H2,72,73,74);11,13-15,23H,4-10,20H2,1-3H3,(H,21,26)(H,22,27)(H,28,29)/t26-,27-,28+,29+,30+,31-,32+,35+,36+;11-,13+,14-,15+/m11/s1. The molecule has 41 heteroatoms. The summed E-state index contributed by atoms with van der Waals surface area (Å²) in [4.78, 5) is 217. The van der Waals surface area contributed by atoms with Crippen LogP contribution in [0.1, 0.15) is 158 Å². The molecule has 0 aliphatic heterocycles. The lowest BCUT2D eigenvalue weighted by Crippen LogP contribution is -2.48. The van der Waals surface area contributed by atoms with Gasteiger partial charge >= 0.3 is 21.2 Å². The number of nitrogens with zero attached hydrogens (tertiary/aromatic N) is 6. The van der Waals surface area contributed by atoms with E-state index in [1.54, 1.807) is 13.8 Å². The summed E-state index contributed by atoms with van der Waals surface area (Å²) in [5.74, 6) is -15.0. The van der Waals surface area contributed by atoms with Gasteiger partial charge in [-0.2, -0.15) is 0 Å². The Morgan fingerprint density at radius 1 is 0.448 bits per heavy atom. The normalized spacial score (nSPS) is 15.3. The Morgan fingerprint density at radius 3 is 1.29 bits per heavy atom. The Morgan fingerprint density at radius 2 is 0.838 bits per heavy atom. The second kappa shape index (κ2) is 47.7. The van der Waals surface area contributed by atoms with Crippen molar-refractivity contribution in [2.75, 3.05) is 38.6 Å². The Labute approximate surface area is 609 Å². The van der Waals surface area contributed by atoms with E-state index >= 15 is 0 Å². The Bertz CT molecular complexity index is 3340. The number of carbonyl (C=O) groups is 14. The van der Waals surface area contributed by atoms with Crippen LogP contribution < -0.4 is 54.4 Å². The second-order valence-corrected chi connectivity index (χ2v) is 30.3. The fourth-order valence-corrected chi connectivity index (χ4v) is 10.9. The molecule has 0 aliphatic carbocycles. The van der Waals surface area contributed by atoms with Crippen LogP contribution in [-0.4, -0.2) is 234 Å². The van der Waals surface area contributed by atoms with Crippen LogP contribution >= 0.6 is 15.2 Å². The van der Waals surface area contributed by atoms with Gasteiger partial charge < -0.3 is 94.1 Å². The van der Waals surface area contributed by atoms with E-state index in [0.29, 0.717) is 45.2 Å². The Hall–Kier alpha value is -7.84. The Kier molecular flexibility index (Phi) is 43.2. The van der Waals surface area contributed by atoms with Gasteiger partial charge in [0.25, 0.3) is 0 Å². The third-order valence-corrected chi connectivity index (χ3v) is 18.0. The molecule has 2 aromatic heterocycles. The van der Waals surface area contributed by atoms with Gasteiger partial charge in [-0.1, -0.05) is 37.6 Å². The minimum atomic E-state index is -4.43. The highest BCUT2D eigenvalue weighted by Gasteiger charge is 2.35. The summed E-state index contributed by atoms with van der Waals surface area (Å²) < 4.78 is 25.2. The number of Topliss-reactive ketones (excluding diaryl/α,β-unsaturated/α-hetero) is 6. The first-order chi connectivity index (χ1) is 48.8. The minimum absolute atomic E-state index is 0.0224. The number of rotatable bonds is 52. The zero-order valence-electron chi connectivity index (χ0n) is 61.3. The number of amides is 7. The average molecular weight is 1530 g/mol. The van der Waals surface area contributed by atoms with Crippen molar-refractivity contribution in [1.29, 1.82) is 0 Å². The number of aromatic nitrogens is 6. The van der Waals surface area contributed by atoms with Crippen LogP contribution in [0.3, 0.4) is 0 Å². The molecule has 105 heavy (non-hydrogen) atoms. The first-order valence-corrected chi connectivity index (χ1v) is 38.2. The maximum atomic E-state index is 14.1. The number of carbonyl (C=O) groups excluding carboxylic acids is 13. The second-order valence-electron chi connectivity index (χ2n) is 26.8. The molecule has 20 N–H and O–H groups in total. The van der Waals surface area contributed by atoms with Crippen LogP contribution in [0.25, 0.3) is 0 Å². The van der Waals surface area contributed by atoms with Crippen molar-refractivity contribution in [2.45, 2.75) is 221 Å². The highest BCUT2D eigenvalue weighted by molar-refractivity contribution is 7.52. The number of ketones is 6. The number of hydrogen-bond donors (Lipinski definition) is 17. The van der Waals surface area contributed by atoms with E-state index < -0.39 is 214 Å². The maximum Gasteiger partial charge on any atom is 0.327 e. The molecule has 7 amide bonds. The number of nitrogens with one attached hydrogen (secondary N) is 7. The minimum Gasteiger partial charge on any atom is -0.480 e. The predicted octanol–water partition coefficient (Wildman–Crippen LogP) is -3.30. The molecular weight excluding hydrogens is 1420 g/mol. The van der Waals surface area contributed by atoms with Gasteiger partial charge in [0.05, 0.1) is 92.1 Å². The summed E-state index contributed by atoms with van der Waals surface area (Å²) in [6.45, 7) is 13.5. The third kappa shape index (κ3) is 38.8. The fourth-order valence-electron chi connectivity index (χ4n) is 10.0. The molecule has 0 radical (unpaired) electrons. The molecule has 0 aliphatic rings. The predicted molar refractivity (Wildman–Crippen MR) is 376 cm³/mol. The number of carboxylic acids is 1. The van der Waals surface area contributed by atoms with Crippen LogP contribution in [0.4, 0.5) is 0 Å². The van der Waals surface area contributed by atoms with Gasteiger partial charge in [-0.05, 0) is 93.7 Å². The van der Waals surface area contributed by atoms with E-state index in [9.17, 15) is 106 Å². The summed E-state index contributed by atoms with van der Waals surface area (Å²) in [5.41, 5.74) is 17.0. The molecular formula is C64H110N16O23P2. The quantitative estimate of drug-likeness (QED) is 0.0228. The third-order valence-electron chi connectivity index (χ3n) is 16.4. The molecule has 0 fully saturated rings. The molecule has 0 spiro atoms. The molecule has 0 aromatic carbocycles. The number of hydrogen-bond acceptors (Lipinski definition) is 25. The number of aliphatic carboxylic acids is 1. The van der Waals surface area contributed by atoms with E-state index in [1.807, 2.05) is 0 Å². The number of carboxylic acid groups (broad SMARTS) is 1. The molecule has 2 heterocycles. The first-order valence-electron chi connectivity index (χ1n) is 34.6. The zero-order chi connectivity index (χ0) is 80.2. The highest BCUT2D eigenvalue weighted by Crippen LogP contribution is 2.35. The van der Waals surface area contributed by atoms with Crippen LogP contribution in [0.15, 0.2) is 12.4 Å². The smallest absolute Gasteiger partial charge is 0.327 e. The summed E-state index contributed by atoms with van der Waals surface area (Å²) in [6.07, 6.45) is 1.72. The first kappa shape index (κ1) is 95.2. The van der Waals surface area contributed by atoms with E-state index in [0.717, 1.165) is 9.36 Å². The zero-order valence-corrected chi connectivity index (χ0v) is 63.1. The molecule has 39 nitrogen and oxygen atoms in total. The van der Waals surface area contributed by atoms with E-state index in [2.05, 4.69) is 57.8 Å². The maximum absolute atomic E-state index is 14.1. The van der Waals surface area contributed by atoms with E-state index in [4.69, 9.17) is 22.3 Å². The van der Waals surface area contributed by atoms with Gasteiger partial charge in [0.2, 0.25) is 41.4 Å². The summed E-state index contributed by atoms with van der Waals surface area (Å²) >= 11 is 0. The van der Waals surface area contributed by atoms with E-state index in [1.165, 1.54) is 67.8 Å². The van der Waals surface area contributed by atoms with Crippen LogP contribution in [-0.2, 0) is 102 Å². The topological polar surface area (TPSA) is 638 Å². The molecule has 594 valence electrons. The highest BCUT2D eigenvalue weighted by atomic mass is 31.2. The SMILES string of the molecule is CC(=O)C[C@@H](CCCCN)C(=O)N[C@@H](CO)C(=O)C[C@@H](C)C(=O)N[C@@H](C)C(=O)O.CC(C)NC(=O)[C@H](CO)CC(=O)[C@H](CCCCN)NC(=O)[C@H](C)CC(=O)[C@H](Cc1cn(CCP(=O)(O)O)nn1)NC(=O)[C@H](C)CC(=O)[C@H](C)NC(=O)[C@@H](CC(=O)[C@H](C)NC(=O)[C@H](C)N)Cc1cn(CCP(=O)(O)O)nn1. The number of aliphatic hydroxyl groups excluding tert-OH is 2. The number of unbranched alkanes of at least 4 members (excludes halogenated alkanes) is 2. The average Bonchev–Trinajstić information content (AvgIpc) is 1.85. The fraction of sp³-hybridized carbons (Fsp3) is 0.719. The van der Waals surface area contributed by atoms with Crippen molar-refractivity contribution < 1.29 is 111 Å². The summed E-state index contributed by atoms with van der Waals surface area (Å²) in [6, 6.07) is -8.37. The molecule has 2 aromatic rings. The van der Waals surface area contributed by atoms with Gasteiger partial charge in [0.15, 0.2) is 28.9 Å². The van der Waals surface area contributed by atoms with Crippen LogP contribution in [0, 0.1) is 35.5 Å². The van der Waals surface area contributed by atoms with Gasteiger partial charge in [-0.3, -0.25) is 80.8 Å². The number of nitrogens with two attached hydrogens (primary N) is 3. The number of aryl methyl sites for hydroxylation is 2. The van der Waals surface area contributed by atoms with Gasteiger partial charge in [0, 0.05) is 93.5 Å². The summed E-state index contributed by atoms with van der Waals surface area (Å²) in [7, 11) is -8.83. The van der Waals surface area contributed by atoms with Crippen LogP contribution in [0.5, 0.6) is 0 Å². The monoisotopic (exact) mass is 1530 g/mol. The van der Waals surface area contributed by atoms with E-state index in [-0.39, 0.29) is 74.8 Å². The van der Waals surface area contributed by atoms with Crippen molar-refractivity contribution in [1.82, 2.24) is 67.2 Å². The van der Waals surface area contributed by atoms with Gasteiger partial charge in [-0.25, -0.2) is 0 Å². The van der Waals surface area contributed by atoms with Gasteiger partial charge in [-0.15, -0.1) is 10.2 Å². The van der Waals surface area contributed by atoms with Crippen LogP contribution in [0.2, 0.25) is 0 Å². The molecule has 2 rings (SSSR count). The molecule has 0 bridgehead atoms. The molecule has 0 saturated carbocycles. The lowest BCUT2D eigenvalue weighted by atomic mass is 9.92. The lowest BCUT2D eigenvalue weighted by molar-refractivity contribution is -0.142. The molecule has 13 atom stereocenters. The molecule has 0 saturated heterocycles.